The van der Waals surface area contributed by atoms with E-state index in [1.165, 1.54) is 12.1 Å². The molecule has 76 valence electrons. The molecule has 2 N–H and O–H groups in total. The number of hydrogen-bond donors (Lipinski definition) is 2. The lowest BCUT2D eigenvalue weighted by Gasteiger charge is -2.30. The van der Waals surface area contributed by atoms with Crippen LogP contribution >= 0.6 is 0 Å². The molecular formula is C11H15FN2. The molecule has 0 saturated heterocycles. The van der Waals surface area contributed by atoms with Crippen molar-refractivity contribution in [3.63, 3.8) is 0 Å². The predicted molar refractivity (Wildman–Crippen MR) is 57.1 cm³/mol. The molecule has 0 fully saturated rings. The highest BCUT2D eigenvalue weighted by Gasteiger charge is 2.19. The third-order valence-electron chi connectivity index (χ3n) is 2.64. The third kappa shape index (κ3) is 1.67. The minimum Gasteiger partial charge on any atom is -0.381 e. The van der Waals surface area contributed by atoms with E-state index in [2.05, 4.69) is 24.5 Å². The van der Waals surface area contributed by atoms with Gasteiger partial charge < -0.3 is 10.6 Å². The summed E-state index contributed by atoms with van der Waals surface area (Å²) in [5.74, 6) is 0.348. The van der Waals surface area contributed by atoms with Crippen LogP contribution in [0.1, 0.15) is 13.8 Å². The van der Waals surface area contributed by atoms with Crippen molar-refractivity contribution < 1.29 is 4.39 Å². The Bertz CT molecular complexity index is 336. The Morgan fingerprint density at radius 2 is 2.14 bits per heavy atom. The van der Waals surface area contributed by atoms with Crippen molar-refractivity contribution in [1.29, 1.82) is 0 Å². The lowest BCUT2D eigenvalue weighted by atomic mass is 10.0. The first kappa shape index (κ1) is 9.31. The van der Waals surface area contributed by atoms with Crippen molar-refractivity contribution in [1.82, 2.24) is 0 Å². The van der Waals surface area contributed by atoms with Crippen molar-refractivity contribution in [2.75, 3.05) is 17.2 Å². The van der Waals surface area contributed by atoms with Crippen LogP contribution in [0.4, 0.5) is 15.8 Å². The molecule has 14 heavy (non-hydrogen) atoms. The van der Waals surface area contributed by atoms with Gasteiger partial charge in [-0.05, 0) is 24.1 Å². The van der Waals surface area contributed by atoms with Crippen molar-refractivity contribution >= 4 is 11.4 Å². The zero-order chi connectivity index (χ0) is 10.1. The van der Waals surface area contributed by atoms with E-state index in [-0.39, 0.29) is 5.82 Å². The van der Waals surface area contributed by atoms with Gasteiger partial charge in [0, 0.05) is 12.6 Å². The molecule has 2 nitrogen and oxygen atoms in total. The normalized spacial score (nSPS) is 19.9. The van der Waals surface area contributed by atoms with Gasteiger partial charge in [-0.25, -0.2) is 4.39 Å². The van der Waals surface area contributed by atoms with Gasteiger partial charge in [-0.15, -0.1) is 0 Å². The molecule has 1 aliphatic rings. The number of nitrogens with one attached hydrogen (secondary N) is 2. The van der Waals surface area contributed by atoms with E-state index in [0.717, 1.165) is 17.9 Å². The minimum absolute atomic E-state index is 0.192. The van der Waals surface area contributed by atoms with Gasteiger partial charge in [0.2, 0.25) is 0 Å². The topological polar surface area (TPSA) is 24.1 Å². The second kappa shape index (κ2) is 3.48. The summed E-state index contributed by atoms with van der Waals surface area (Å²) in [5.41, 5.74) is 1.86. The van der Waals surface area contributed by atoms with E-state index in [9.17, 15) is 4.39 Å². The summed E-state index contributed by atoms with van der Waals surface area (Å²) >= 11 is 0. The van der Waals surface area contributed by atoms with Gasteiger partial charge >= 0.3 is 0 Å². The summed E-state index contributed by atoms with van der Waals surface area (Å²) in [6.07, 6.45) is 0. The van der Waals surface area contributed by atoms with Crippen LogP contribution in [0.3, 0.4) is 0 Å². The van der Waals surface area contributed by atoms with Crippen LogP contribution in [0.25, 0.3) is 0 Å². The summed E-state index contributed by atoms with van der Waals surface area (Å²) < 4.78 is 13.0. The van der Waals surface area contributed by atoms with Crippen molar-refractivity contribution in [3.05, 3.63) is 24.0 Å². The van der Waals surface area contributed by atoms with E-state index < -0.39 is 0 Å². The number of hydrogen-bond acceptors (Lipinski definition) is 2. The first-order valence-corrected chi connectivity index (χ1v) is 4.97. The van der Waals surface area contributed by atoms with Crippen LogP contribution in [0.2, 0.25) is 0 Å². The van der Waals surface area contributed by atoms with E-state index in [0.29, 0.717) is 12.0 Å². The van der Waals surface area contributed by atoms with Gasteiger partial charge in [-0.2, -0.15) is 0 Å². The van der Waals surface area contributed by atoms with Gasteiger partial charge in [-0.3, -0.25) is 0 Å². The fourth-order valence-corrected chi connectivity index (χ4v) is 1.66. The van der Waals surface area contributed by atoms with Crippen LogP contribution in [-0.2, 0) is 0 Å². The molecule has 2 rings (SSSR count). The van der Waals surface area contributed by atoms with Crippen molar-refractivity contribution in [2.24, 2.45) is 5.92 Å². The van der Waals surface area contributed by atoms with Crippen LogP contribution in [0.15, 0.2) is 18.2 Å². The average Bonchev–Trinajstić information content (AvgIpc) is 2.16. The number of benzene rings is 1. The Morgan fingerprint density at radius 1 is 1.36 bits per heavy atom. The molecule has 3 heteroatoms. The van der Waals surface area contributed by atoms with Gasteiger partial charge in [0.15, 0.2) is 0 Å². The zero-order valence-electron chi connectivity index (χ0n) is 8.47. The monoisotopic (exact) mass is 194 g/mol. The molecule has 1 aliphatic heterocycles. The van der Waals surface area contributed by atoms with E-state index in [1.54, 1.807) is 6.07 Å². The van der Waals surface area contributed by atoms with Gasteiger partial charge in [0.25, 0.3) is 0 Å². The van der Waals surface area contributed by atoms with Crippen molar-refractivity contribution in [2.45, 2.75) is 19.9 Å². The van der Waals surface area contributed by atoms with Crippen LogP contribution in [-0.4, -0.2) is 12.6 Å². The lowest BCUT2D eigenvalue weighted by Crippen LogP contribution is -2.37. The number of anilines is 2. The largest absolute Gasteiger partial charge is 0.381 e. The Labute approximate surface area is 83.5 Å². The Kier molecular flexibility index (Phi) is 2.32. The second-order valence-electron chi connectivity index (χ2n) is 4.07. The molecule has 0 aromatic heterocycles. The maximum atomic E-state index is 13.0. The molecule has 0 radical (unpaired) electrons. The second-order valence-corrected chi connectivity index (χ2v) is 4.07. The summed E-state index contributed by atoms with van der Waals surface area (Å²) in [4.78, 5) is 0. The number of halogens is 1. The molecule has 1 unspecified atom stereocenters. The van der Waals surface area contributed by atoms with Gasteiger partial charge in [0.05, 0.1) is 11.4 Å². The van der Waals surface area contributed by atoms with Crippen LogP contribution < -0.4 is 10.6 Å². The van der Waals surface area contributed by atoms with Gasteiger partial charge in [-0.1, -0.05) is 13.8 Å². The zero-order valence-corrected chi connectivity index (χ0v) is 8.47. The van der Waals surface area contributed by atoms with E-state index in [1.807, 2.05) is 0 Å². The van der Waals surface area contributed by atoms with Crippen molar-refractivity contribution in [3.8, 4) is 0 Å². The Hall–Kier alpha value is -1.25. The molecule has 0 bridgehead atoms. The summed E-state index contributed by atoms with van der Waals surface area (Å²) in [5, 5.41) is 6.63. The van der Waals surface area contributed by atoms with Crippen LogP contribution in [0, 0.1) is 11.7 Å². The molecule has 0 aliphatic carbocycles. The van der Waals surface area contributed by atoms with E-state index >= 15 is 0 Å². The van der Waals surface area contributed by atoms with E-state index in [4.69, 9.17) is 0 Å². The maximum absolute atomic E-state index is 13.0. The fraction of sp³-hybridized carbons (Fsp3) is 0.455. The molecule has 0 saturated carbocycles. The Balaban J connectivity index is 2.24. The fourth-order valence-electron chi connectivity index (χ4n) is 1.66. The lowest BCUT2D eigenvalue weighted by molar-refractivity contribution is 0.535. The summed E-state index contributed by atoms with van der Waals surface area (Å²) in [6.45, 7) is 5.21. The quantitative estimate of drug-likeness (QED) is 0.718. The van der Waals surface area contributed by atoms with Gasteiger partial charge in [0.1, 0.15) is 5.82 Å². The number of fused-ring (bicyclic) bond motifs is 1. The highest BCUT2D eigenvalue weighted by atomic mass is 19.1. The molecule has 1 aromatic rings. The molecule has 1 heterocycles. The Morgan fingerprint density at radius 3 is 2.86 bits per heavy atom. The SMILES string of the molecule is CC(C)C1CNc2ccc(F)cc2N1. The highest BCUT2D eigenvalue weighted by molar-refractivity contribution is 5.71. The standard InChI is InChI=1S/C11H15FN2/c1-7(2)11-6-13-9-4-3-8(12)5-10(9)14-11/h3-5,7,11,13-14H,6H2,1-2H3. The molecule has 0 amide bonds. The summed E-state index contributed by atoms with van der Waals surface area (Å²) in [6, 6.07) is 5.16. The minimum atomic E-state index is -0.192. The summed E-state index contributed by atoms with van der Waals surface area (Å²) in [7, 11) is 0. The number of rotatable bonds is 1. The third-order valence-corrected chi connectivity index (χ3v) is 2.64. The first-order chi connectivity index (χ1) is 6.66. The molecule has 1 aromatic carbocycles. The maximum Gasteiger partial charge on any atom is 0.125 e. The average molecular weight is 194 g/mol. The van der Waals surface area contributed by atoms with Crippen LogP contribution in [0.5, 0.6) is 0 Å². The first-order valence-electron chi connectivity index (χ1n) is 4.97. The highest BCUT2D eigenvalue weighted by Crippen LogP contribution is 2.28. The predicted octanol–water partition coefficient (Wildman–Crippen LogP) is 2.69. The smallest absolute Gasteiger partial charge is 0.125 e. The molecule has 0 spiro atoms. The molecular weight excluding hydrogens is 179 g/mol. The molecule has 1 atom stereocenters.